The van der Waals surface area contributed by atoms with Gasteiger partial charge in [0, 0.05) is 10.1 Å². The van der Waals surface area contributed by atoms with Crippen molar-refractivity contribution in [3.05, 3.63) is 52.9 Å². The number of phenolic OH excluding ortho intramolecular Hbond substituents is 1. The number of benzene rings is 2. The van der Waals surface area contributed by atoms with Gasteiger partial charge in [0.05, 0.1) is 11.6 Å². The summed E-state index contributed by atoms with van der Waals surface area (Å²) in [7, 11) is 0. The van der Waals surface area contributed by atoms with E-state index >= 15 is 0 Å². The number of fused-ring (bicyclic) bond motifs is 1. The summed E-state index contributed by atoms with van der Waals surface area (Å²) >= 11 is 1.56. The van der Waals surface area contributed by atoms with Crippen molar-refractivity contribution in [2.75, 3.05) is 0 Å². The van der Waals surface area contributed by atoms with Gasteiger partial charge >= 0.3 is 5.97 Å². The number of hydrogen-bond donors (Lipinski definition) is 1. The first-order valence-electron chi connectivity index (χ1n) is 7.76. The van der Waals surface area contributed by atoms with E-state index in [1.807, 2.05) is 17.5 Å². The van der Waals surface area contributed by atoms with E-state index in [0.29, 0.717) is 5.56 Å². The first kappa shape index (κ1) is 17.0. The SMILES string of the molecule is CC(C)(C)OC(=O)c1ccc(-c2cc(C#N)cc3sccc23)cc1O. The fraction of sp³-hybridized carbons (Fsp3) is 0.200. The molecule has 0 atom stereocenters. The van der Waals surface area contributed by atoms with Gasteiger partial charge < -0.3 is 9.84 Å². The van der Waals surface area contributed by atoms with Gasteiger partial charge in [-0.25, -0.2) is 4.79 Å². The molecule has 0 aliphatic heterocycles. The molecule has 0 saturated carbocycles. The molecule has 2 aromatic carbocycles. The smallest absolute Gasteiger partial charge is 0.342 e. The van der Waals surface area contributed by atoms with E-state index in [0.717, 1.165) is 21.2 Å². The lowest BCUT2D eigenvalue weighted by Crippen LogP contribution is -2.23. The Kier molecular flexibility index (Phi) is 4.23. The van der Waals surface area contributed by atoms with Crippen LogP contribution in [0.15, 0.2) is 41.8 Å². The topological polar surface area (TPSA) is 70.3 Å². The maximum absolute atomic E-state index is 12.2. The highest BCUT2D eigenvalue weighted by Gasteiger charge is 2.21. The van der Waals surface area contributed by atoms with Gasteiger partial charge in [-0.05, 0) is 67.6 Å². The summed E-state index contributed by atoms with van der Waals surface area (Å²) in [5.74, 6) is -0.708. The Morgan fingerprint density at radius 1 is 1.20 bits per heavy atom. The highest BCUT2D eigenvalue weighted by molar-refractivity contribution is 7.17. The maximum Gasteiger partial charge on any atom is 0.342 e. The van der Waals surface area contributed by atoms with Crippen LogP contribution in [0.5, 0.6) is 5.75 Å². The molecule has 4 nitrogen and oxygen atoms in total. The number of ether oxygens (including phenoxy) is 1. The molecular weight excluding hydrogens is 334 g/mol. The average Bonchev–Trinajstić information content (AvgIpc) is 3.00. The van der Waals surface area contributed by atoms with Gasteiger partial charge in [-0.1, -0.05) is 6.07 Å². The summed E-state index contributed by atoms with van der Waals surface area (Å²) in [5, 5.41) is 22.5. The predicted octanol–water partition coefficient (Wildman–Crippen LogP) is 5.10. The zero-order valence-corrected chi connectivity index (χ0v) is 15.0. The van der Waals surface area contributed by atoms with Gasteiger partial charge in [0.15, 0.2) is 0 Å². The number of esters is 1. The Hall–Kier alpha value is -2.84. The zero-order chi connectivity index (χ0) is 18.2. The maximum atomic E-state index is 12.2. The third-order valence-corrected chi connectivity index (χ3v) is 4.49. The first-order valence-corrected chi connectivity index (χ1v) is 8.64. The summed E-state index contributed by atoms with van der Waals surface area (Å²) in [6.45, 7) is 5.32. The Labute approximate surface area is 149 Å². The van der Waals surface area contributed by atoms with Gasteiger partial charge in [0.2, 0.25) is 0 Å². The molecule has 126 valence electrons. The van der Waals surface area contributed by atoms with Crippen LogP contribution in [0, 0.1) is 11.3 Å². The van der Waals surface area contributed by atoms with Crippen molar-refractivity contribution in [2.24, 2.45) is 0 Å². The second-order valence-electron chi connectivity index (χ2n) is 6.70. The average molecular weight is 351 g/mol. The molecule has 0 fully saturated rings. The molecule has 0 bridgehead atoms. The van der Waals surface area contributed by atoms with E-state index < -0.39 is 11.6 Å². The lowest BCUT2D eigenvalue weighted by Gasteiger charge is -2.20. The van der Waals surface area contributed by atoms with Gasteiger partial charge in [-0.3, -0.25) is 0 Å². The first-order chi connectivity index (χ1) is 11.8. The van der Waals surface area contributed by atoms with E-state index in [9.17, 15) is 15.2 Å². The lowest BCUT2D eigenvalue weighted by atomic mass is 9.98. The molecule has 25 heavy (non-hydrogen) atoms. The number of nitriles is 1. The second-order valence-corrected chi connectivity index (χ2v) is 7.65. The number of aromatic hydroxyl groups is 1. The molecular formula is C20H17NO3S. The third kappa shape index (κ3) is 3.49. The van der Waals surface area contributed by atoms with Crippen LogP contribution in [-0.4, -0.2) is 16.7 Å². The van der Waals surface area contributed by atoms with E-state index in [-0.39, 0.29) is 11.3 Å². The molecule has 0 unspecified atom stereocenters. The molecule has 0 saturated heterocycles. The Bertz CT molecular complexity index is 1010. The van der Waals surface area contributed by atoms with Gasteiger partial charge in [-0.2, -0.15) is 5.26 Å². The number of rotatable bonds is 2. The van der Waals surface area contributed by atoms with Crippen LogP contribution in [0.4, 0.5) is 0 Å². The number of carbonyl (C=O) groups excluding carboxylic acids is 1. The third-order valence-electron chi connectivity index (χ3n) is 3.63. The fourth-order valence-corrected chi connectivity index (χ4v) is 3.43. The Balaban J connectivity index is 2.06. The van der Waals surface area contributed by atoms with Crippen LogP contribution in [0.3, 0.4) is 0 Å². The summed E-state index contributed by atoms with van der Waals surface area (Å²) in [5.41, 5.74) is 1.63. The minimum absolute atomic E-state index is 0.122. The number of thiophene rings is 1. The monoisotopic (exact) mass is 351 g/mol. The molecule has 1 N–H and O–H groups in total. The molecule has 0 spiro atoms. The van der Waals surface area contributed by atoms with Crippen molar-refractivity contribution < 1.29 is 14.6 Å². The van der Waals surface area contributed by atoms with Crippen LogP contribution in [-0.2, 0) is 4.74 Å². The van der Waals surface area contributed by atoms with Crippen molar-refractivity contribution in [1.29, 1.82) is 5.26 Å². The van der Waals surface area contributed by atoms with Crippen molar-refractivity contribution in [3.63, 3.8) is 0 Å². The van der Waals surface area contributed by atoms with Crippen LogP contribution in [0.1, 0.15) is 36.7 Å². The van der Waals surface area contributed by atoms with Crippen molar-refractivity contribution in [2.45, 2.75) is 26.4 Å². The molecule has 0 aliphatic carbocycles. The normalized spacial score (nSPS) is 11.3. The minimum Gasteiger partial charge on any atom is -0.507 e. The number of nitrogens with zero attached hydrogens (tertiary/aromatic N) is 1. The molecule has 0 amide bonds. The van der Waals surface area contributed by atoms with E-state index in [4.69, 9.17) is 4.74 Å². The fourth-order valence-electron chi connectivity index (χ4n) is 2.58. The Morgan fingerprint density at radius 3 is 2.60 bits per heavy atom. The standard InChI is InChI=1S/C20H17NO3S/c1-20(2,3)24-19(23)15-5-4-13(10-17(15)22)16-8-12(11-21)9-18-14(16)6-7-25-18/h4-10,22H,1-3H3. The van der Waals surface area contributed by atoms with Crippen LogP contribution in [0.25, 0.3) is 21.2 Å². The second kappa shape index (κ2) is 6.23. The molecule has 5 heteroatoms. The predicted molar refractivity (Wildman–Crippen MR) is 98.8 cm³/mol. The van der Waals surface area contributed by atoms with E-state index in [1.165, 1.54) is 6.07 Å². The van der Waals surface area contributed by atoms with Gasteiger partial charge in [0.1, 0.15) is 16.9 Å². The number of phenols is 1. The van der Waals surface area contributed by atoms with E-state index in [1.54, 1.807) is 50.3 Å². The molecule has 1 heterocycles. The zero-order valence-electron chi connectivity index (χ0n) is 14.2. The minimum atomic E-state index is -0.633. The lowest BCUT2D eigenvalue weighted by molar-refractivity contribution is 0.00669. The van der Waals surface area contributed by atoms with Crippen molar-refractivity contribution in [1.82, 2.24) is 0 Å². The van der Waals surface area contributed by atoms with Gasteiger partial charge in [-0.15, -0.1) is 11.3 Å². The molecule has 3 aromatic rings. The van der Waals surface area contributed by atoms with Crippen LogP contribution in [0.2, 0.25) is 0 Å². The van der Waals surface area contributed by atoms with Crippen LogP contribution < -0.4 is 0 Å². The molecule has 1 aromatic heterocycles. The highest BCUT2D eigenvalue weighted by atomic mass is 32.1. The summed E-state index contributed by atoms with van der Waals surface area (Å²) in [6.07, 6.45) is 0. The van der Waals surface area contributed by atoms with Crippen LogP contribution >= 0.6 is 11.3 Å². The van der Waals surface area contributed by atoms with Gasteiger partial charge in [0.25, 0.3) is 0 Å². The summed E-state index contributed by atoms with van der Waals surface area (Å²) in [6, 6.07) is 12.6. The van der Waals surface area contributed by atoms with E-state index in [2.05, 4.69) is 6.07 Å². The largest absolute Gasteiger partial charge is 0.507 e. The summed E-state index contributed by atoms with van der Waals surface area (Å²) in [4.78, 5) is 12.2. The molecule has 0 radical (unpaired) electrons. The highest BCUT2D eigenvalue weighted by Crippen LogP contribution is 2.35. The summed E-state index contributed by atoms with van der Waals surface area (Å²) < 4.78 is 6.31. The molecule has 3 rings (SSSR count). The number of carbonyl (C=O) groups is 1. The molecule has 0 aliphatic rings. The Morgan fingerprint density at radius 2 is 1.96 bits per heavy atom. The van der Waals surface area contributed by atoms with Crippen molar-refractivity contribution in [3.8, 4) is 22.9 Å². The number of hydrogen-bond acceptors (Lipinski definition) is 5. The quantitative estimate of drug-likeness (QED) is 0.652. The van der Waals surface area contributed by atoms with Crippen molar-refractivity contribution >= 4 is 27.4 Å².